The molecular weight excluding hydrogens is 350 g/mol. The lowest BCUT2D eigenvalue weighted by atomic mass is 10.2. The van der Waals surface area contributed by atoms with E-state index in [1.54, 1.807) is 24.4 Å². The first-order chi connectivity index (χ1) is 12.7. The lowest BCUT2D eigenvalue weighted by Crippen LogP contribution is -2.12. The van der Waals surface area contributed by atoms with E-state index in [4.69, 9.17) is 0 Å². The highest BCUT2D eigenvalue weighted by atomic mass is 32.1. The Hall–Kier alpha value is -3.46. The summed E-state index contributed by atoms with van der Waals surface area (Å²) in [6.07, 6.45) is 3.21. The van der Waals surface area contributed by atoms with Crippen LogP contribution in [0.5, 0.6) is 0 Å². The number of anilines is 1. The number of nitrogens with zero attached hydrogens (tertiary/aromatic N) is 6. The van der Waals surface area contributed by atoms with Gasteiger partial charge in [-0.15, -0.1) is 5.10 Å². The number of nitrogens with one attached hydrogen (secondary N) is 1. The van der Waals surface area contributed by atoms with Crippen LogP contribution in [0.25, 0.3) is 16.3 Å². The molecule has 26 heavy (non-hydrogen) atoms. The van der Waals surface area contributed by atoms with Gasteiger partial charge in [-0.3, -0.25) is 15.1 Å². The van der Waals surface area contributed by atoms with E-state index in [0.717, 1.165) is 16.3 Å². The smallest absolute Gasteiger partial charge is 0.257 e. The highest BCUT2D eigenvalue weighted by molar-refractivity contribution is 7.19. The van der Waals surface area contributed by atoms with Crippen molar-refractivity contribution < 1.29 is 4.79 Å². The van der Waals surface area contributed by atoms with Crippen LogP contribution in [0.2, 0.25) is 0 Å². The van der Waals surface area contributed by atoms with Crippen molar-refractivity contribution in [2.45, 2.75) is 6.92 Å². The number of thiazole rings is 1. The second-order valence-electron chi connectivity index (χ2n) is 5.41. The van der Waals surface area contributed by atoms with Crippen LogP contribution in [0.4, 0.5) is 5.13 Å². The Labute approximate surface area is 152 Å². The average Bonchev–Trinajstić information content (AvgIpc) is 3.32. The van der Waals surface area contributed by atoms with Crippen LogP contribution in [0.1, 0.15) is 16.1 Å². The summed E-state index contributed by atoms with van der Waals surface area (Å²) >= 11 is 1.39. The predicted octanol–water partition coefficient (Wildman–Crippen LogP) is 2.74. The second-order valence-corrected chi connectivity index (χ2v) is 6.41. The molecule has 128 valence electrons. The van der Waals surface area contributed by atoms with Crippen molar-refractivity contribution in [2.24, 2.45) is 0 Å². The van der Waals surface area contributed by atoms with E-state index in [2.05, 4.69) is 30.8 Å². The highest BCUT2D eigenvalue weighted by Crippen LogP contribution is 2.31. The molecule has 0 fully saturated rings. The van der Waals surface area contributed by atoms with Crippen molar-refractivity contribution in [2.75, 3.05) is 5.32 Å². The van der Waals surface area contributed by atoms with Crippen LogP contribution in [0, 0.1) is 6.92 Å². The SMILES string of the molecule is Cc1nc(NC(=O)c2cccc(-n3cnnn3)c2)sc1-c1ccccn1. The number of hydrogen-bond acceptors (Lipinski definition) is 7. The maximum Gasteiger partial charge on any atom is 0.257 e. The van der Waals surface area contributed by atoms with Crippen molar-refractivity contribution in [3.63, 3.8) is 0 Å². The number of carbonyl (C=O) groups is 1. The third-order valence-electron chi connectivity index (χ3n) is 3.64. The summed E-state index contributed by atoms with van der Waals surface area (Å²) in [4.78, 5) is 22.3. The molecule has 4 aromatic rings. The van der Waals surface area contributed by atoms with Crippen LogP contribution >= 0.6 is 11.3 Å². The monoisotopic (exact) mass is 363 g/mol. The molecule has 0 spiro atoms. The van der Waals surface area contributed by atoms with Crippen molar-refractivity contribution in [3.05, 3.63) is 66.2 Å². The van der Waals surface area contributed by atoms with Gasteiger partial charge in [-0.25, -0.2) is 9.67 Å². The first-order valence-corrected chi connectivity index (χ1v) is 8.56. The van der Waals surface area contributed by atoms with Gasteiger partial charge in [0.15, 0.2) is 5.13 Å². The number of carbonyl (C=O) groups excluding carboxylic acids is 1. The average molecular weight is 363 g/mol. The summed E-state index contributed by atoms with van der Waals surface area (Å²) in [7, 11) is 0. The molecule has 0 unspecified atom stereocenters. The van der Waals surface area contributed by atoms with Gasteiger partial charge >= 0.3 is 0 Å². The number of rotatable bonds is 4. The van der Waals surface area contributed by atoms with Crippen molar-refractivity contribution >= 4 is 22.4 Å². The number of pyridine rings is 1. The summed E-state index contributed by atoms with van der Waals surface area (Å²) in [5.74, 6) is -0.249. The van der Waals surface area contributed by atoms with Gasteiger partial charge in [-0.05, 0) is 47.7 Å². The molecule has 3 aromatic heterocycles. The van der Waals surface area contributed by atoms with Gasteiger partial charge in [0.1, 0.15) is 6.33 Å². The molecule has 0 aliphatic rings. The molecule has 0 bridgehead atoms. The zero-order valence-electron chi connectivity index (χ0n) is 13.7. The Morgan fingerprint density at radius 3 is 2.88 bits per heavy atom. The zero-order valence-corrected chi connectivity index (χ0v) is 14.5. The molecule has 8 nitrogen and oxygen atoms in total. The quantitative estimate of drug-likeness (QED) is 0.599. The lowest BCUT2D eigenvalue weighted by Gasteiger charge is -2.04. The molecule has 1 aromatic carbocycles. The van der Waals surface area contributed by atoms with Gasteiger partial charge in [0.05, 0.1) is 22.0 Å². The molecule has 3 heterocycles. The van der Waals surface area contributed by atoms with Gasteiger partial charge < -0.3 is 0 Å². The Balaban J connectivity index is 1.57. The minimum Gasteiger partial charge on any atom is -0.298 e. The molecule has 1 N–H and O–H groups in total. The number of benzene rings is 1. The van der Waals surface area contributed by atoms with Crippen molar-refractivity contribution in [3.8, 4) is 16.3 Å². The van der Waals surface area contributed by atoms with Crippen molar-refractivity contribution in [1.82, 2.24) is 30.2 Å². The van der Waals surface area contributed by atoms with Crippen LogP contribution in [-0.4, -0.2) is 36.1 Å². The molecule has 0 aliphatic carbocycles. The maximum atomic E-state index is 12.6. The minimum absolute atomic E-state index is 0.249. The Morgan fingerprint density at radius 1 is 1.19 bits per heavy atom. The predicted molar refractivity (Wildman–Crippen MR) is 97.2 cm³/mol. The normalized spacial score (nSPS) is 10.7. The van der Waals surface area contributed by atoms with E-state index in [1.807, 2.05) is 31.2 Å². The van der Waals surface area contributed by atoms with Crippen LogP contribution in [-0.2, 0) is 0 Å². The largest absolute Gasteiger partial charge is 0.298 e. The zero-order chi connectivity index (χ0) is 17.9. The maximum absolute atomic E-state index is 12.6. The highest BCUT2D eigenvalue weighted by Gasteiger charge is 2.14. The lowest BCUT2D eigenvalue weighted by molar-refractivity contribution is 0.102. The van der Waals surface area contributed by atoms with Crippen LogP contribution in [0.15, 0.2) is 55.0 Å². The first-order valence-electron chi connectivity index (χ1n) is 7.74. The molecule has 0 saturated carbocycles. The Morgan fingerprint density at radius 2 is 2.12 bits per heavy atom. The molecule has 1 amide bonds. The molecule has 0 saturated heterocycles. The Bertz CT molecular complexity index is 1040. The fraction of sp³-hybridized carbons (Fsp3) is 0.0588. The van der Waals surface area contributed by atoms with E-state index in [-0.39, 0.29) is 5.91 Å². The van der Waals surface area contributed by atoms with Gasteiger partial charge in [0.25, 0.3) is 5.91 Å². The van der Waals surface area contributed by atoms with E-state index < -0.39 is 0 Å². The fourth-order valence-corrected chi connectivity index (χ4v) is 3.36. The van der Waals surface area contributed by atoms with Crippen molar-refractivity contribution in [1.29, 1.82) is 0 Å². The van der Waals surface area contributed by atoms with E-state index in [1.165, 1.54) is 22.3 Å². The number of hydrogen-bond donors (Lipinski definition) is 1. The summed E-state index contributed by atoms with van der Waals surface area (Å²) in [6, 6.07) is 12.7. The molecular formula is C17H13N7OS. The van der Waals surface area contributed by atoms with Gasteiger partial charge in [0, 0.05) is 11.8 Å². The third-order valence-corrected chi connectivity index (χ3v) is 4.73. The molecule has 0 atom stereocenters. The third kappa shape index (κ3) is 3.20. The molecule has 0 aliphatic heterocycles. The topological polar surface area (TPSA) is 98.5 Å². The van der Waals surface area contributed by atoms with E-state index in [9.17, 15) is 4.79 Å². The first kappa shape index (κ1) is 16.0. The molecule has 0 radical (unpaired) electrons. The molecule has 4 rings (SSSR count). The summed E-state index contributed by atoms with van der Waals surface area (Å²) in [5.41, 5.74) is 2.85. The van der Waals surface area contributed by atoms with E-state index in [0.29, 0.717) is 16.4 Å². The Kier molecular flexibility index (Phi) is 4.20. The van der Waals surface area contributed by atoms with Crippen LogP contribution < -0.4 is 5.32 Å². The minimum atomic E-state index is -0.249. The van der Waals surface area contributed by atoms with Gasteiger partial charge in [0.2, 0.25) is 0 Å². The summed E-state index contributed by atoms with van der Waals surface area (Å²) in [5, 5.41) is 14.4. The summed E-state index contributed by atoms with van der Waals surface area (Å²) < 4.78 is 1.49. The van der Waals surface area contributed by atoms with Gasteiger partial charge in [-0.1, -0.05) is 23.5 Å². The van der Waals surface area contributed by atoms with Gasteiger partial charge in [-0.2, -0.15) is 0 Å². The number of aromatic nitrogens is 6. The van der Waals surface area contributed by atoms with Crippen LogP contribution in [0.3, 0.4) is 0 Å². The summed E-state index contributed by atoms with van der Waals surface area (Å²) in [6.45, 7) is 1.90. The standard InChI is InChI=1S/C17H13N7OS/c1-11-15(14-7-2-3-8-18-14)26-17(20-11)21-16(25)12-5-4-6-13(9-12)24-10-19-22-23-24/h2-10H,1H3,(H,20,21,25). The number of amides is 1. The number of tetrazole rings is 1. The fourth-order valence-electron chi connectivity index (χ4n) is 2.42. The second kappa shape index (κ2) is 6.81. The number of aryl methyl sites for hydroxylation is 1. The van der Waals surface area contributed by atoms with E-state index >= 15 is 0 Å². The molecule has 9 heteroatoms.